The van der Waals surface area contributed by atoms with Gasteiger partial charge in [0.2, 0.25) is 0 Å². The number of benzene rings is 1. The van der Waals surface area contributed by atoms with Gasteiger partial charge in [0, 0.05) is 17.0 Å². The van der Waals surface area contributed by atoms with Crippen LogP contribution >= 0.6 is 11.6 Å². The second-order valence-electron chi connectivity index (χ2n) is 4.32. The van der Waals surface area contributed by atoms with Gasteiger partial charge in [-0.1, -0.05) is 18.5 Å². The minimum absolute atomic E-state index is 0.473. The number of ether oxygens (including phenoxy) is 1. The zero-order valence-corrected chi connectivity index (χ0v) is 12.5. The molecule has 3 N–H and O–H groups in total. The molecule has 0 atom stereocenters. The van der Waals surface area contributed by atoms with Crippen LogP contribution in [0.5, 0.6) is 5.75 Å². The molecule has 0 saturated heterocycles. The fraction of sp³-hybridized carbons (Fsp3) is 0.286. The topological polar surface area (TPSA) is 73.1 Å². The Morgan fingerprint density at radius 2 is 2.10 bits per heavy atom. The Morgan fingerprint density at radius 3 is 2.75 bits per heavy atom. The first-order valence-corrected chi connectivity index (χ1v) is 6.66. The zero-order chi connectivity index (χ0) is 14.7. The molecular formula is C14H17ClN4O. The Morgan fingerprint density at radius 1 is 1.35 bits per heavy atom. The molecular weight excluding hydrogens is 276 g/mol. The van der Waals surface area contributed by atoms with Gasteiger partial charge in [0.1, 0.15) is 23.2 Å². The third-order valence-electron chi connectivity index (χ3n) is 2.96. The minimum atomic E-state index is 0.473. The number of methoxy groups -OCH3 is 1. The molecule has 0 amide bonds. The van der Waals surface area contributed by atoms with Crippen molar-refractivity contribution in [2.24, 2.45) is 0 Å². The van der Waals surface area contributed by atoms with Gasteiger partial charge in [-0.05, 0) is 25.1 Å². The van der Waals surface area contributed by atoms with Crippen LogP contribution in [-0.2, 0) is 6.42 Å². The third-order valence-corrected chi connectivity index (χ3v) is 3.20. The molecule has 1 aromatic heterocycles. The van der Waals surface area contributed by atoms with Crippen LogP contribution in [0.25, 0.3) is 0 Å². The van der Waals surface area contributed by atoms with Crippen molar-refractivity contribution >= 4 is 28.9 Å². The highest BCUT2D eigenvalue weighted by Gasteiger charge is 2.11. The van der Waals surface area contributed by atoms with Gasteiger partial charge in [-0.3, -0.25) is 0 Å². The molecule has 0 radical (unpaired) electrons. The summed E-state index contributed by atoms with van der Waals surface area (Å²) in [6.45, 7) is 3.85. The lowest BCUT2D eigenvalue weighted by molar-refractivity contribution is 0.417. The highest BCUT2D eigenvalue weighted by molar-refractivity contribution is 6.31. The summed E-state index contributed by atoms with van der Waals surface area (Å²) in [5, 5.41) is 3.82. The molecule has 2 aromatic rings. The maximum Gasteiger partial charge on any atom is 0.142 e. The van der Waals surface area contributed by atoms with Gasteiger partial charge < -0.3 is 15.8 Å². The molecule has 1 heterocycles. The maximum absolute atomic E-state index is 6.02. The van der Waals surface area contributed by atoms with Gasteiger partial charge >= 0.3 is 0 Å². The van der Waals surface area contributed by atoms with E-state index in [1.165, 1.54) is 0 Å². The first-order chi connectivity index (χ1) is 9.55. The van der Waals surface area contributed by atoms with E-state index in [2.05, 4.69) is 15.3 Å². The van der Waals surface area contributed by atoms with Crippen molar-refractivity contribution in [3.05, 3.63) is 34.6 Å². The third kappa shape index (κ3) is 2.93. The van der Waals surface area contributed by atoms with Crippen molar-refractivity contribution in [2.45, 2.75) is 20.3 Å². The summed E-state index contributed by atoms with van der Waals surface area (Å²) >= 11 is 6.02. The molecule has 0 spiro atoms. The number of anilines is 3. The predicted octanol–water partition coefficient (Wildman–Crippen LogP) is 3.34. The van der Waals surface area contributed by atoms with Crippen molar-refractivity contribution in [2.75, 3.05) is 18.2 Å². The first-order valence-electron chi connectivity index (χ1n) is 6.28. The Balaban J connectivity index is 2.44. The van der Waals surface area contributed by atoms with Crippen molar-refractivity contribution in [1.29, 1.82) is 0 Å². The standard InChI is InChI=1S/C14H17ClN4O/c1-4-12-18-13(16)8(2)14(19-12)17-10-7-9(15)5-6-11(10)20-3/h5-7H,4H2,1-3H3,(H3,16,17,18,19). The van der Waals surface area contributed by atoms with E-state index in [4.69, 9.17) is 22.1 Å². The molecule has 106 valence electrons. The number of nitrogens with two attached hydrogens (primary N) is 1. The molecule has 0 saturated carbocycles. The van der Waals surface area contributed by atoms with Crippen LogP contribution < -0.4 is 15.8 Å². The van der Waals surface area contributed by atoms with Gasteiger partial charge in [0.05, 0.1) is 12.8 Å². The lowest BCUT2D eigenvalue weighted by Crippen LogP contribution is -2.07. The fourth-order valence-electron chi connectivity index (χ4n) is 1.77. The number of aromatic nitrogens is 2. The number of halogens is 1. The highest BCUT2D eigenvalue weighted by atomic mass is 35.5. The summed E-state index contributed by atoms with van der Waals surface area (Å²) in [5.74, 6) is 2.51. The Kier molecular flexibility index (Phi) is 4.29. The smallest absolute Gasteiger partial charge is 0.142 e. The summed E-state index contributed by atoms with van der Waals surface area (Å²) in [5.41, 5.74) is 7.44. The van der Waals surface area contributed by atoms with E-state index >= 15 is 0 Å². The van der Waals surface area contributed by atoms with Crippen LogP contribution in [0.3, 0.4) is 0 Å². The number of aryl methyl sites for hydroxylation is 1. The summed E-state index contributed by atoms with van der Waals surface area (Å²) < 4.78 is 5.30. The number of hydrogen-bond donors (Lipinski definition) is 2. The SMILES string of the molecule is CCc1nc(N)c(C)c(Nc2cc(Cl)ccc2OC)n1. The average molecular weight is 293 g/mol. The molecule has 0 fully saturated rings. The monoisotopic (exact) mass is 292 g/mol. The Bertz CT molecular complexity index is 631. The van der Waals surface area contributed by atoms with Crippen molar-refractivity contribution in [3.8, 4) is 5.75 Å². The molecule has 0 unspecified atom stereocenters. The lowest BCUT2D eigenvalue weighted by atomic mass is 10.2. The number of nitrogen functional groups attached to an aromatic ring is 1. The van der Waals surface area contributed by atoms with Crippen LogP contribution in [0.2, 0.25) is 5.02 Å². The van der Waals surface area contributed by atoms with Crippen molar-refractivity contribution in [3.63, 3.8) is 0 Å². The van der Waals surface area contributed by atoms with Gasteiger partial charge in [0.25, 0.3) is 0 Å². The number of nitrogens with one attached hydrogen (secondary N) is 1. The van der Waals surface area contributed by atoms with Crippen molar-refractivity contribution in [1.82, 2.24) is 9.97 Å². The van der Waals surface area contributed by atoms with Crippen LogP contribution in [0, 0.1) is 6.92 Å². The Hall–Kier alpha value is -2.01. The average Bonchev–Trinajstić information content (AvgIpc) is 2.44. The Labute approximate surface area is 123 Å². The summed E-state index contributed by atoms with van der Waals surface area (Å²) in [6.07, 6.45) is 0.714. The summed E-state index contributed by atoms with van der Waals surface area (Å²) in [7, 11) is 1.60. The number of hydrogen-bond acceptors (Lipinski definition) is 5. The maximum atomic E-state index is 6.02. The van der Waals surface area contributed by atoms with Crippen molar-refractivity contribution < 1.29 is 4.74 Å². The molecule has 20 heavy (non-hydrogen) atoms. The van der Waals surface area contributed by atoms with E-state index in [-0.39, 0.29) is 0 Å². The zero-order valence-electron chi connectivity index (χ0n) is 11.7. The van der Waals surface area contributed by atoms with Gasteiger partial charge in [-0.15, -0.1) is 0 Å². The summed E-state index contributed by atoms with van der Waals surface area (Å²) in [6, 6.07) is 5.35. The molecule has 5 nitrogen and oxygen atoms in total. The van der Waals surface area contributed by atoms with Crippen LogP contribution in [-0.4, -0.2) is 17.1 Å². The second-order valence-corrected chi connectivity index (χ2v) is 4.76. The molecule has 0 bridgehead atoms. The molecule has 0 aliphatic carbocycles. The largest absolute Gasteiger partial charge is 0.495 e. The second kappa shape index (κ2) is 5.96. The fourth-order valence-corrected chi connectivity index (χ4v) is 1.94. The molecule has 0 aliphatic rings. The van der Waals surface area contributed by atoms with Gasteiger partial charge in [-0.25, -0.2) is 9.97 Å². The van der Waals surface area contributed by atoms with E-state index in [1.54, 1.807) is 25.3 Å². The minimum Gasteiger partial charge on any atom is -0.495 e. The molecule has 0 aliphatic heterocycles. The van der Waals surface area contributed by atoms with Crippen LogP contribution in [0.15, 0.2) is 18.2 Å². The van der Waals surface area contributed by atoms with Crippen LogP contribution in [0.4, 0.5) is 17.3 Å². The summed E-state index contributed by atoms with van der Waals surface area (Å²) in [4.78, 5) is 8.67. The van der Waals surface area contributed by atoms with E-state index in [0.29, 0.717) is 34.7 Å². The highest BCUT2D eigenvalue weighted by Crippen LogP contribution is 2.31. The molecule has 6 heteroatoms. The number of rotatable bonds is 4. The van der Waals surface area contributed by atoms with Gasteiger partial charge in [-0.2, -0.15) is 0 Å². The predicted molar refractivity (Wildman–Crippen MR) is 81.8 cm³/mol. The van der Waals surface area contributed by atoms with E-state index in [1.807, 2.05) is 13.8 Å². The molecule has 1 aromatic carbocycles. The van der Waals surface area contributed by atoms with Gasteiger partial charge in [0.15, 0.2) is 0 Å². The first kappa shape index (κ1) is 14.4. The quantitative estimate of drug-likeness (QED) is 0.904. The van der Waals surface area contributed by atoms with E-state index in [0.717, 1.165) is 11.3 Å². The number of nitrogens with zero attached hydrogens (tertiary/aromatic N) is 2. The van der Waals surface area contributed by atoms with E-state index < -0.39 is 0 Å². The normalized spacial score (nSPS) is 10.4. The molecule has 2 rings (SSSR count). The van der Waals surface area contributed by atoms with Crippen LogP contribution in [0.1, 0.15) is 18.3 Å². The lowest BCUT2D eigenvalue weighted by Gasteiger charge is -2.14. The van der Waals surface area contributed by atoms with E-state index in [9.17, 15) is 0 Å².